The molecule has 4 rings (SSSR count). The van der Waals surface area contributed by atoms with Crippen LogP contribution in [0.25, 0.3) is 0 Å². The molecule has 2 aromatic heterocycles. The van der Waals surface area contributed by atoms with Crippen molar-refractivity contribution in [2.75, 3.05) is 18.0 Å². The zero-order valence-corrected chi connectivity index (χ0v) is 17.0. The Morgan fingerprint density at radius 3 is 3.00 bits per heavy atom. The van der Waals surface area contributed by atoms with Crippen LogP contribution < -0.4 is 10.2 Å². The Labute approximate surface area is 169 Å². The van der Waals surface area contributed by atoms with Crippen LogP contribution in [0.1, 0.15) is 55.7 Å². The number of aromatic nitrogens is 2. The van der Waals surface area contributed by atoms with Crippen LogP contribution >= 0.6 is 11.3 Å². The minimum atomic E-state index is -0.137. The van der Waals surface area contributed by atoms with Crippen LogP contribution in [0.4, 0.5) is 9.93 Å². The number of carbonyl (C=O) groups is 1. The van der Waals surface area contributed by atoms with Gasteiger partial charge in [-0.25, -0.2) is 4.79 Å². The lowest BCUT2D eigenvalue weighted by Gasteiger charge is -2.22. The smallest absolute Gasteiger partial charge is 0.327 e. The molecule has 1 saturated carbocycles. The standard InChI is InChI=1S/C20H27N5O2S/c1-2-3-4-5-11-24-14-17(21-13-16-10-7-12-27-16)25(20(24)26)19-23-22-18(28-19)15-8-6-9-15/h2-3,7,10,12,15,17,21H,4-6,8-9,11,13-14H2,1H3. The van der Waals surface area contributed by atoms with Crippen molar-refractivity contribution in [2.24, 2.45) is 0 Å². The molecule has 2 fully saturated rings. The molecule has 1 saturated heterocycles. The fourth-order valence-electron chi connectivity index (χ4n) is 3.55. The van der Waals surface area contributed by atoms with Crippen LogP contribution in [0, 0.1) is 0 Å². The van der Waals surface area contributed by atoms with Gasteiger partial charge in [0.1, 0.15) is 16.9 Å². The first-order valence-electron chi connectivity index (χ1n) is 10.0. The van der Waals surface area contributed by atoms with Crippen LogP contribution in [0.3, 0.4) is 0 Å². The molecule has 1 aliphatic heterocycles. The molecule has 1 atom stereocenters. The largest absolute Gasteiger partial charge is 0.468 e. The van der Waals surface area contributed by atoms with Gasteiger partial charge in [0, 0.05) is 12.5 Å². The van der Waals surface area contributed by atoms with E-state index >= 15 is 0 Å². The van der Waals surface area contributed by atoms with Crippen molar-refractivity contribution in [3.63, 3.8) is 0 Å². The number of hydrogen-bond donors (Lipinski definition) is 1. The maximum atomic E-state index is 13.1. The summed E-state index contributed by atoms with van der Waals surface area (Å²) >= 11 is 1.56. The summed E-state index contributed by atoms with van der Waals surface area (Å²) in [4.78, 5) is 16.8. The van der Waals surface area contributed by atoms with Gasteiger partial charge in [-0.3, -0.25) is 10.2 Å². The van der Waals surface area contributed by atoms with Gasteiger partial charge in [0.2, 0.25) is 5.13 Å². The topological polar surface area (TPSA) is 74.5 Å². The number of rotatable bonds is 9. The van der Waals surface area contributed by atoms with Gasteiger partial charge in [-0.15, -0.1) is 10.2 Å². The summed E-state index contributed by atoms with van der Waals surface area (Å²) in [5.74, 6) is 1.38. The highest BCUT2D eigenvalue weighted by molar-refractivity contribution is 7.15. The second-order valence-electron chi connectivity index (χ2n) is 7.34. The number of anilines is 1. The van der Waals surface area contributed by atoms with Crippen molar-refractivity contribution in [1.82, 2.24) is 20.4 Å². The zero-order valence-electron chi connectivity index (χ0n) is 16.2. The third-order valence-electron chi connectivity index (χ3n) is 5.40. The second kappa shape index (κ2) is 8.87. The number of urea groups is 1. The van der Waals surface area contributed by atoms with E-state index in [2.05, 4.69) is 27.7 Å². The first-order valence-corrected chi connectivity index (χ1v) is 10.9. The molecule has 150 valence electrons. The van der Waals surface area contributed by atoms with Gasteiger partial charge in [-0.1, -0.05) is 29.9 Å². The van der Waals surface area contributed by atoms with Crippen molar-refractivity contribution in [1.29, 1.82) is 0 Å². The number of allylic oxidation sites excluding steroid dienone is 2. The Hall–Kier alpha value is -2.19. The summed E-state index contributed by atoms with van der Waals surface area (Å²) < 4.78 is 5.42. The Bertz CT molecular complexity index is 799. The Morgan fingerprint density at radius 2 is 2.29 bits per heavy atom. The molecule has 2 aromatic rings. The van der Waals surface area contributed by atoms with Gasteiger partial charge < -0.3 is 9.32 Å². The van der Waals surface area contributed by atoms with Gasteiger partial charge in [0.25, 0.3) is 0 Å². The van der Waals surface area contributed by atoms with Gasteiger partial charge in [-0.2, -0.15) is 0 Å². The third-order valence-corrected chi connectivity index (χ3v) is 6.48. The molecule has 1 N–H and O–H groups in total. The Morgan fingerprint density at radius 1 is 1.39 bits per heavy atom. The van der Waals surface area contributed by atoms with E-state index in [1.807, 2.05) is 24.0 Å². The minimum absolute atomic E-state index is 0.00809. The maximum Gasteiger partial charge on any atom is 0.327 e. The van der Waals surface area contributed by atoms with Gasteiger partial charge in [0.05, 0.1) is 19.4 Å². The summed E-state index contributed by atoms with van der Waals surface area (Å²) in [6.45, 7) is 3.97. The highest BCUT2D eigenvalue weighted by atomic mass is 32.1. The van der Waals surface area contributed by atoms with Gasteiger partial charge in [-0.05, 0) is 44.7 Å². The summed E-state index contributed by atoms with van der Waals surface area (Å²) in [6.07, 6.45) is 11.3. The number of carbonyl (C=O) groups excluding carboxylic acids is 1. The van der Waals surface area contributed by atoms with Crippen LogP contribution in [0.5, 0.6) is 0 Å². The predicted octanol–water partition coefficient (Wildman–Crippen LogP) is 4.11. The average Bonchev–Trinajstić information content (AvgIpc) is 3.37. The van der Waals surface area contributed by atoms with Crippen molar-refractivity contribution >= 4 is 22.5 Å². The first-order chi connectivity index (χ1) is 13.8. The van der Waals surface area contributed by atoms with E-state index in [4.69, 9.17) is 4.42 Å². The van der Waals surface area contributed by atoms with Gasteiger partial charge in [0.15, 0.2) is 0 Å². The summed E-state index contributed by atoms with van der Waals surface area (Å²) in [7, 11) is 0. The van der Waals surface area contributed by atoms with E-state index < -0.39 is 0 Å². The van der Waals surface area contributed by atoms with Gasteiger partial charge >= 0.3 is 6.03 Å². The molecule has 2 amide bonds. The third kappa shape index (κ3) is 4.12. The van der Waals surface area contributed by atoms with Crippen molar-refractivity contribution in [3.05, 3.63) is 41.3 Å². The summed E-state index contributed by atoms with van der Waals surface area (Å²) in [5, 5.41) is 13.9. The van der Waals surface area contributed by atoms with E-state index in [1.54, 1.807) is 22.5 Å². The summed E-state index contributed by atoms with van der Waals surface area (Å²) in [5.41, 5.74) is 0. The molecular weight excluding hydrogens is 374 g/mol. The highest BCUT2D eigenvalue weighted by Crippen LogP contribution is 2.40. The second-order valence-corrected chi connectivity index (χ2v) is 8.32. The van der Waals surface area contributed by atoms with E-state index in [0.717, 1.165) is 30.2 Å². The van der Waals surface area contributed by atoms with E-state index in [-0.39, 0.29) is 12.2 Å². The number of furan rings is 1. The van der Waals surface area contributed by atoms with Crippen LogP contribution in [-0.4, -0.2) is 40.4 Å². The number of nitrogens with zero attached hydrogens (tertiary/aromatic N) is 4. The number of unbranched alkanes of at least 4 members (excludes halogenated alkanes) is 1. The normalized spacial score (nSPS) is 20.5. The van der Waals surface area contributed by atoms with E-state index in [9.17, 15) is 4.79 Å². The quantitative estimate of drug-likeness (QED) is 0.505. The molecular formula is C20H27N5O2S. The van der Waals surface area contributed by atoms with E-state index in [1.165, 1.54) is 19.3 Å². The number of amides is 2. The molecule has 0 aromatic carbocycles. The lowest BCUT2D eigenvalue weighted by atomic mass is 9.86. The van der Waals surface area contributed by atoms with Crippen LogP contribution in [-0.2, 0) is 6.54 Å². The molecule has 0 bridgehead atoms. The first kappa shape index (κ1) is 19.1. The minimum Gasteiger partial charge on any atom is -0.468 e. The predicted molar refractivity (Wildman–Crippen MR) is 109 cm³/mol. The van der Waals surface area contributed by atoms with Crippen LogP contribution in [0.2, 0.25) is 0 Å². The molecule has 0 radical (unpaired) electrons. The summed E-state index contributed by atoms with van der Waals surface area (Å²) in [6, 6.07) is 3.81. The van der Waals surface area contributed by atoms with Crippen molar-refractivity contribution < 1.29 is 9.21 Å². The molecule has 2 aliphatic rings. The molecule has 1 unspecified atom stereocenters. The lowest BCUT2D eigenvalue weighted by molar-refractivity contribution is 0.220. The fraction of sp³-hybridized carbons (Fsp3) is 0.550. The molecule has 28 heavy (non-hydrogen) atoms. The average molecular weight is 402 g/mol. The van der Waals surface area contributed by atoms with Crippen molar-refractivity contribution in [3.8, 4) is 0 Å². The molecule has 0 spiro atoms. The Balaban J connectivity index is 1.47. The fourth-order valence-corrected chi connectivity index (χ4v) is 4.61. The molecule has 1 aliphatic carbocycles. The number of nitrogens with one attached hydrogen (secondary N) is 1. The molecule has 8 heteroatoms. The highest BCUT2D eigenvalue weighted by Gasteiger charge is 2.40. The molecule has 7 nitrogen and oxygen atoms in total. The lowest BCUT2D eigenvalue weighted by Crippen LogP contribution is -2.44. The molecule has 3 heterocycles. The van der Waals surface area contributed by atoms with Crippen molar-refractivity contribution in [2.45, 2.75) is 57.7 Å². The Kier molecular flexibility index (Phi) is 6.07. The monoisotopic (exact) mass is 401 g/mol. The zero-order chi connectivity index (χ0) is 19.3. The number of hydrogen-bond acceptors (Lipinski definition) is 6. The van der Waals surface area contributed by atoms with E-state index in [0.29, 0.717) is 24.1 Å². The maximum absolute atomic E-state index is 13.1. The van der Waals surface area contributed by atoms with Crippen LogP contribution in [0.15, 0.2) is 35.0 Å². The SMILES string of the molecule is CC=CCCCN1CC(NCc2ccco2)N(c2nnc(C3CCC3)s2)C1=O.